The highest BCUT2D eigenvalue weighted by Crippen LogP contribution is 2.30. The van der Waals surface area contributed by atoms with Crippen LogP contribution in [-0.4, -0.2) is 60.1 Å². The molecule has 0 aromatic heterocycles. The predicted octanol–water partition coefficient (Wildman–Crippen LogP) is 3.16. The first-order valence-electron chi connectivity index (χ1n) is 8.66. The largest absolute Gasteiger partial charge is 0.396 e. The van der Waals surface area contributed by atoms with Crippen molar-refractivity contribution in [3.63, 3.8) is 0 Å². The number of piperidine rings is 1. The van der Waals surface area contributed by atoms with Gasteiger partial charge in [-0.05, 0) is 44.0 Å². The number of likely N-dealkylation sites (tertiary alicyclic amines) is 2. The molecule has 2 heterocycles. The molecule has 0 bridgehead atoms. The standard InChI is InChI=1S/C18H24Cl2N2O2/c19-16-6-4-5-15(17(16)20)18(24)22-10-13(14(11-22)12-23)9-21-7-2-1-3-8-21/h4-6,13-14,23H,1-3,7-12H2/t13-,14-/m0/s1. The zero-order valence-corrected chi connectivity index (χ0v) is 15.3. The van der Waals surface area contributed by atoms with Gasteiger partial charge in [0, 0.05) is 32.2 Å². The van der Waals surface area contributed by atoms with Crippen molar-refractivity contribution in [1.29, 1.82) is 0 Å². The van der Waals surface area contributed by atoms with E-state index in [1.807, 2.05) is 4.90 Å². The molecule has 0 spiro atoms. The van der Waals surface area contributed by atoms with Crippen LogP contribution in [0, 0.1) is 11.8 Å². The van der Waals surface area contributed by atoms with E-state index in [1.165, 1.54) is 19.3 Å². The van der Waals surface area contributed by atoms with Gasteiger partial charge >= 0.3 is 0 Å². The molecule has 0 aliphatic carbocycles. The SMILES string of the molecule is O=C(c1cccc(Cl)c1Cl)N1C[C@@H](CO)[C@@H](CN2CCCCC2)C1. The third-order valence-electron chi connectivity index (χ3n) is 5.22. The van der Waals surface area contributed by atoms with Crippen molar-refractivity contribution in [1.82, 2.24) is 9.80 Å². The number of aliphatic hydroxyl groups is 1. The Morgan fingerprint density at radius 1 is 1.12 bits per heavy atom. The van der Waals surface area contributed by atoms with Crippen LogP contribution in [0.5, 0.6) is 0 Å². The first kappa shape index (κ1) is 18.0. The second-order valence-electron chi connectivity index (χ2n) is 6.88. The van der Waals surface area contributed by atoms with Gasteiger partial charge < -0.3 is 14.9 Å². The van der Waals surface area contributed by atoms with Crippen molar-refractivity contribution < 1.29 is 9.90 Å². The maximum absolute atomic E-state index is 12.8. The van der Waals surface area contributed by atoms with Crippen LogP contribution in [0.2, 0.25) is 10.0 Å². The molecule has 2 aliphatic heterocycles. The predicted molar refractivity (Wildman–Crippen MR) is 96.7 cm³/mol. The minimum atomic E-state index is -0.0953. The quantitative estimate of drug-likeness (QED) is 0.884. The second-order valence-corrected chi connectivity index (χ2v) is 7.66. The number of nitrogens with zero attached hydrogens (tertiary/aromatic N) is 2. The molecule has 2 aliphatic rings. The maximum Gasteiger partial charge on any atom is 0.255 e. The van der Waals surface area contributed by atoms with Gasteiger partial charge in [-0.15, -0.1) is 0 Å². The molecule has 6 heteroatoms. The number of halogens is 2. The number of carbonyl (C=O) groups is 1. The Morgan fingerprint density at radius 3 is 2.54 bits per heavy atom. The van der Waals surface area contributed by atoms with Crippen molar-refractivity contribution in [3.05, 3.63) is 33.8 Å². The Balaban J connectivity index is 1.68. The molecule has 1 aromatic rings. The number of rotatable bonds is 4. The normalized spacial score (nSPS) is 25.2. The molecule has 2 fully saturated rings. The topological polar surface area (TPSA) is 43.8 Å². The Labute approximate surface area is 153 Å². The van der Waals surface area contributed by atoms with Gasteiger partial charge in [-0.2, -0.15) is 0 Å². The minimum Gasteiger partial charge on any atom is -0.396 e. The van der Waals surface area contributed by atoms with Gasteiger partial charge in [-0.3, -0.25) is 4.79 Å². The average Bonchev–Trinajstić information content (AvgIpc) is 3.00. The van der Waals surface area contributed by atoms with E-state index in [2.05, 4.69) is 4.90 Å². The number of hydrogen-bond donors (Lipinski definition) is 1. The summed E-state index contributed by atoms with van der Waals surface area (Å²) in [5, 5.41) is 10.4. The molecular weight excluding hydrogens is 347 g/mol. The van der Waals surface area contributed by atoms with Gasteiger partial charge in [0.15, 0.2) is 0 Å². The van der Waals surface area contributed by atoms with Crippen molar-refractivity contribution in [3.8, 4) is 0 Å². The molecule has 3 rings (SSSR count). The Hall–Kier alpha value is -0.810. The lowest BCUT2D eigenvalue weighted by atomic mass is 9.95. The van der Waals surface area contributed by atoms with Gasteiger partial charge in [0.1, 0.15) is 0 Å². The molecule has 0 radical (unpaired) electrons. The maximum atomic E-state index is 12.8. The van der Waals surface area contributed by atoms with Crippen molar-refractivity contribution in [2.24, 2.45) is 11.8 Å². The highest BCUT2D eigenvalue weighted by molar-refractivity contribution is 6.43. The van der Waals surface area contributed by atoms with E-state index >= 15 is 0 Å². The van der Waals surface area contributed by atoms with Crippen LogP contribution in [0.4, 0.5) is 0 Å². The number of amides is 1. The van der Waals surface area contributed by atoms with Gasteiger partial charge in [0.2, 0.25) is 0 Å². The van der Waals surface area contributed by atoms with E-state index in [0.29, 0.717) is 34.6 Å². The van der Waals surface area contributed by atoms with E-state index in [4.69, 9.17) is 23.2 Å². The summed E-state index contributed by atoms with van der Waals surface area (Å²) < 4.78 is 0. The molecular formula is C18H24Cl2N2O2. The van der Waals surface area contributed by atoms with E-state index in [9.17, 15) is 9.90 Å². The van der Waals surface area contributed by atoms with Crippen LogP contribution >= 0.6 is 23.2 Å². The molecule has 2 atom stereocenters. The molecule has 4 nitrogen and oxygen atoms in total. The van der Waals surface area contributed by atoms with Crippen LogP contribution in [-0.2, 0) is 0 Å². The first-order valence-corrected chi connectivity index (χ1v) is 9.42. The zero-order chi connectivity index (χ0) is 17.1. The number of benzene rings is 1. The summed E-state index contributed by atoms with van der Waals surface area (Å²) in [7, 11) is 0. The lowest BCUT2D eigenvalue weighted by Crippen LogP contribution is -2.37. The van der Waals surface area contributed by atoms with Crippen molar-refractivity contribution in [2.75, 3.05) is 39.3 Å². The van der Waals surface area contributed by atoms with Gasteiger partial charge in [0.05, 0.1) is 15.6 Å². The third kappa shape index (κ3) is 3.88. The number of carbonyl (C=O) groups excluding carboxylic acids is 1. The minimum absolute atomic E-state index is 0.0953. The summed E-state index contributed by atoms with van der Waals surface area (Å²) in [4.78, 5) is 17.1. The molecule has 0 saturated carbocycles. The van der Waals surface area contributed by atoms with Gasteiger partial charge in [-0.1, -0.05) is 35.7 Å². The Kier molecular flexibility index (Phi) is 6.03. The molecule has 1 aromatic carbocycles. The van der Waals surface area contributed by atoms with Crippen LogP contribution in [0.1, 0.15) is 29.6 Å². The summed E-state index contributed by atoms with van der Waals surface area (Å²) in [5.41, 5.74) is 0.444. The lowest BCUT2D eigenvalue weighted by molar-refractivity contribution is 0.0778. The molecule has 0 unspecified atom stereocenters. The zero-order valence-electron chi connectivity index (χ0n) is 13.8. The summed E-state index contributed by atoms with van der Waals surface area (Å²) in [6, 6.07) is 5.13. The smallest absolute Gasteiger partial charge is 0.255 e. The van der Waals surface area contributed by atoms with Crippen LogP contribution in [0.15, 0.2) is 18.2 Å². The highest BCUT2D eigenvalue weighted by Gasteiger charge is 2.36. The van der Waals surface area contributed by atoms with E-state index in [-0.39, 0.29) is 18.4 Å². The van der Waals surface area contributed by atoms with Gasteiger partial charge in [0.25, 0.3) is 5.91 Å². The van der Waals surface area contributed by atoms with Crippen molar-refractivity contribution in [2.45, 2.75) is 19.3 Å². The molecule has 132 valence electrons. The van der Waals surface area contributed by atoms with Crippen molar-refractivity contribution >= 4 is 29.1 Å². The highest BCUT2D eigenvalue weighted by atomic mass is 35.5. The summed E-state index contributed by atoms with van der Waals surface area (Å²) >= 11 is 12.2. The number of aliphatic hydroxyl groups excluding tert-OH is 1. The summed E-state index contributed by atoms with van der Waals surface area (Å²) in [6.07, 6.45) is 3.80. The molecule has 1 amide bonds. The van der Waals surface area contributed by atoms with Crippen LogP contribution < -0.4 is 0 Å². The van der Waals surface area contributed by atoms with E-state index in [1.54, 1.807) is 18.2 Å². The number of hydrogen-bond acceptors (Lipinski definition) is 3. The molecule has 24 heavy (non-hydrogen) atoms. The van der Waals surface area contributed by atoms with Crippen LogP contribution in [0.3, 0.4) is 0 Å². The third-order valence-corrected chi connectivity index (χ3v) is 6.04. The van der Waals surface area contributed by atoms with E-state index < -0.39 is 0 Å². The van der Waals surface area contributed by atoms with E-state index in [0.717, 1.165) is 19.6 Å². The first-order chi connectivity index (χ1) is 11.6. The summed E-state index contributed by atoms with van der Waals surface area (Å²) in [5.74, 6) is 0.353. The average molecular weight is 371 g/mol. The molecule has 1 N–H and O–H groups in total. The van der Waals surface area contributed by atoms with Gasteiger partial charge in [-0.25, -0.2) is 0 Å². The second kappa shape index (κ2) is 8.05. The Morgan fingerprint density at radius 2 is 1.83 bits per heavy atom. The summed E-state index contributed by atoms with van der Waals surface area (Å²) in [6.45, 7) is 4.58. The fourth-order valence-corrected chi connectivity index (χ4v) is 4.21. The molecule has 2 saturated heterocycles. The lowest BCUT2D eigenvalue weighted by Gasteiger charge is -2.30. The Bertz CT molecular complexity index is 590. The monoisotopic (exact) mass is 370 g/mol. The van der Waals surface area contributed by atoms with Crippen LogP contribution in [0.25, 0.3) is 0 Å². The fourth-order valence-electron chi connectivity index (χ4n) is 3.83. The fraction of sp³-hybridized carbons (Fsp3) is 0.611.